The molecule has 0 saturated heterocycles. The summed E-state index contributed by atoms with van der Waals surface area (Å²) in [6.07, 6.45) is -20.0. The Bertz CT molecular complexity index is 198. The molecule has 0 atom stereocenters. The van der Waals surface area contributed by atoms with Crippen LogP contribution in [-0.4, -0.2) is 30.7 Å². The normalized spacial score (nSPS) is 15.4. The lowest BCUT2D eigenvalue weighted by Gasteiger charge is -2.37. The van der Waals surface area contributed by atoms with E-state index < -0.39 is 30.7 Å². The molecule has 97 valence electrons. The maximum Gasteiger partial charge on any atom is 0.435 e. The summed E-state index contributed by atoms with van der Waals surface area (Å²) in [4.78, 5) is 0. The highest BCUT2D eigenvalue weighted by Gasteiger charge is 2.85. The highest BCUT2D eigenvalue weighted by Crippen LogP contribution is 2.54. The van der Waals surface area contributed by atoms with Crippen LogP contribution in [-0.2, 0) is 4.74 Å². The van der Waals surface area contributed by atoms with Gasteiger partial charge in [-0.2, -0.15) is 39.5 Å². The minimum atomic E-state index is -6.68. The summed E-state index contributed by atoms with van der Waals surface area (Å²) in [6.45, 7) is 0.748. The predicted octanol–water partition coefficient (Wildman–Crippen LogP) is 3.26. The smallest absolute Gasteiger partial charge is 0.351 e. The summed E-state index contributed by atoms with van der Waals surface area (Å²) in [7, 11) is 0. The highest BCUT2D eigenvalue weighted by molar-refractivity contribution is 5.02. The average molecular weight is 263 g/mol. The standard InChI is InChI=1S/C6H4F9O/c1-2-16-3(4(7,8)9,5(10,11)12)6(13,14)15/h1-2H2. The van der Waals surface area contributed by atoms with Crippen molar-refractivity contribution in [3.63, 3.8) is 0 Å². The van der Waals surface area contributed by atoms with Crippen LogP contribution in [0, 0.1) is 6.92 Å². The van der Waals surface area contributed by atoms with E-state index in [9.17, 15) is 39.5 Å². The third kappa shape index (κ3) is 2.20. The molecule has 0 aromatic rings. The monoisotopic (exact) mass is 263 g/mol. The van der Waals surface area contributed by atoms with Crippen LogP contribution in [0.3, 0.4) is 0 Å². The van der Waals surface area contributed by atoms with Gasteiger partial charge in [-0.05, 0) is 6.92 Å². The lowest BCUT2D eigenvalue weighted by Crippen LogP contribution is -2.67. The van der Waals surface area contributed by atoms with Crippen molar-refractivity contribution in [3.8, 4) is 0 Å². The van der Waals surface area contributed by atoms with E-state index in [0.29, 0.717) is 0 Å². The van der Waals surface area contributed by atoms with Crippen molar-refractivity contribution in [1.29, 1.82) is 0 Å². The van der Waals surface area contributed by atoms with Crippen LogP contribution < -0.4 is 0 Å². The van der Waals surface area contributed by atoms with Crippen LogP contribution in [0.4, 0.5) is 39.5 Å². The highest BCUT2D eigenvalue weighted by atomic mass is 19.4. The Morgan fingerprint density at radius 3 is 1.00 bits per heavy atom. The Balaban J connectivity index is 5.82. The van der Waals surface area contributed by atoms with Gasteiger partial charge in [0, 0.05) is 6.61 Å². The first-order valence-electron chi connectivity index (χ1n) is 3.44. The number of hydrogen-bond acceptors (Lipinski definition) is 1. The van der Waals surface area contributed by atoms with Crippen molar-refractivity contribution in [3.05, 3.63) is 6.92 Å². The number of hydrogen-bond donors (Lipinski definition) is 0. The van der Waals surface area contributed by atoms with E-state index in [1.54, 1.807) is 0 Å². The van der Waals surface area contributed by atoms with Gasteiger partial charge in [0.25, 0.3) is 0 Å². The molecule has 0 aromatic carbocycles. The Morgan fingerprint density at radius 1 is 0.688 bits per heavy atom. The second-order valence-corrected chi connectivity index (χ2v) is 2.52. The predicted molar refractivity (Wildman–Crippen MR) is 32.2 cm³/mol. The van der Waals surface area contributed by atoms with Gasteiger partial charge in [0.05, 0.1) is 0 Å². The summed E-state index contributed by atoms with van der Waals surface area (Å²) in [5.74, 6) is 0. The van der Waals surface area contributed by atoms with E-state index in [0.717, 1.165) is 0 Å². The molecule has 0 aliphatic rings. The maximum atomic E-state index is 12.0. The number of halogens is 9. The summed E-state index contributed by atoms with van der Waals surface area (Å²) in [5, 5.41) is 0. The van der Waals surface area contributed by atoms with Crippen molar-refractivity contribution < 1.29 is 44.3 Å². The van der Waals surface area contributed by atoms with Crippen LogP contribution in [0.2, 0.25) is 0 Å². The third-order valence-corrected chi connectivity index (χ3v) is 1.52. The van der Waals surface area contributed by atoms with Crippen molar-refractivity contribution >= 4 is 0 Å². The van der Waals surface area contributed by atoms with Gasteiger partial charge in [0.15, 0.2) is 0 Å². The molecule has 16 heavy (non-hydrogen) atoms. The molecule has 0 amide bonds. The van der Waals surface area contributed by atoms with Crippen LogP contribution in [0.1, 0.15) is 0 Å². The molecule has 0 rings (SSSR count). The molecule has 0 aliphatic heterocycles. The van der Waals surface area contributed by atoms with Crippen molar-refractivity contribution in [2.75, 3.05) is 6.61 Å². The lowest BCUT2D eigenvalue weighted by atomic mass is 10.0. The summed E-state index contributed by atoms with van der Waals surface area (Å²) in [6, 6.07) is 0. The topological polar surface area (TPSA) is 9.23 Å². The summed E-state index contributed by atoms with van der Waals surface area (Å²) < 4.78 is 110. The van der Waals surface area contributed by atoms with E-state index in [-0.39, 0.29) is 0 Å². The molecule has 0 aliphatic carbocycles. The molecule has 1 nitrogen and oxygen atoms in total. The van der Waals surface area contributed by atoms with E-state index >= 15 is 0 Å². The molecule has 1 radical (unpaired) electrons. The van der Waals surface area contributed by atoms with Gasteiger partial charge in [-0.15, -0.1) is 0 Å². The van der Waals surface area contributed by atoms with Gasteiger partial charge in [-0.25, -0.2) is 0 Å². The quantitative estimate of drug-likeness (QED) is 0.695. The molecule has 0 heterocycles. The van der Waals surface area contributed by atoms with E-state index in [4.69, 9.17) is 0 Å². The second-order valence-electron chi connectivity index (χ2n) is 2.52. The molecule has 10 heteroatoms. The fourth-order valence-corrected chi connectivity index (χ4v) is 0.881. The zero-order valence-electron chi connectivity index (χ0n) is 7.22. The molecule has 0 unspecified atom stereocenters. The zero-order chi connectivity index (χ0) is 13.4. The summed E-state index contributed by atoms with van der Waals surface area (Å²) in [5.41, 5.74) is -6.20. The number of ether oxygens (including phenoxy) is 1. The van der Waals surface area contributed by atoms with Gasteiger partial charge in [0.2, 0.25) is 0 Å². The Kier molecular flexibility index (Phi) is 3.80. The first kappa shape index (κ1) is 15.3. The number of rotatable bonds is 2. The third-order valence-electron chi connectivity index (χ3n) is 1.52. The van der Waals surface area contributed by atoms with E-state index in [1.165, 1.54) is 0 Å². The van der Waals surface area contributed by atoms with Crippen molar-refractivity contribution in [1.82, 2.24) is 0 Å². The average Bonchev–Trinajstić information content (AvgIpc) is 1.91. The van der Waals surface area contributed by atoms with Gasteiger partial charge >= 0.3 is 24.1 Å². The van der Waals surface area contributed by atoms with Crippen molar-refractivity contribution in [2.24, 2.45) is 0 Å². The minimum Gasteiger partial charge on any atom is -0.351 e. The second kappa shape index (κ2) is 3.97. The minimum absolute atomic E-state index is 1.64. The molecular formula is C6H4F9O. The summed E-state index contributed by atoms with van der Waals surface area (Å²) >= 11 is 0. The fraction of sp³-hybridized carbons (Fsp3) is 0.833. The largest absolute Gasteiger partial charge is 0.435 e. The molecule has 0 aromatic heterocycles. The molecule has 0 spiro atoms. The molecular weight excluding hydrogens is 259 g/mol. The molecule has 0 N–H and O–H groups in total. The first-order chi connectivity index (χ1) is 6.81. The number of alkyl halides is 9. The fourth-order valence-electron chi connectivity index (χ4n) is 0.881. The van der Waals surface area contributed by atoms with Crippen LogP contribution in [0.25, 0.3) is 0 Å². The molecule has 0 bridgehead atoms. The Hall–Kier alpha value is -0.670. The van der Waals surface area contributed by atoms with Crippen LogP contribution in [0.15, 0.2) is 0 Å². The van der Waals surface area contributed by atoms with Crippen LogP contribution >= 0.6 is 0 Å². The SMILES string of the molecule is [CH2]COC(C(F)(F)F)(C(F)(F)F)C(F)(F)F. The van der Waals surface area contributed by atoms with Gasteiger partial charge in [-0.1, -0.05) is 0 Å². The Morgan fingerprint density at radius 2 is 0.938 bits per heavy atom. The maximum absolute atomic E-state index is 12.0. The van der Waals surface area contributed by atoms with Gasteiger partial charge < -0.3 is 4.74 Å². The molecule has 0 saturated carbocycles. The van der Waals surface area contributed by atoms with E-state index in [1.807, 2.05) is 0 Å². The van der Waals surface area contributed by atoms with Crippen molar-refractivity contribution in [2.45, 2.75) is 24.1 Å². The zero-order valence-corrected chi connectivity index (χ0v) is 7.22. The molecule has 0 fully saturated rings. The van der Waals surface area contributed by atoms with Gasteiger partial charge in [-0.3, -0.25) is 0 Å². The first-order valence-corrected chi connectivity index (χ1v) is 3.44. The van der Waals surface area contributed by atoms with Crippen LogP contribution in [0.5, 0.6) is 0 Å². The van der Waals surface area contributed by atoms with E-state index in [2.05, 4.69) is 11.7 Å². The lowest BCUT2D eigenvalue weighted by molar-refractivity contribution is -0.455. The van der Waals surface area contributed by atoms with Gasteiger partial charge in [0.1, 0.15) is 0 Å². The Labute approximate surface area is 83.2 Å².